The number of aromatic nitrogens is 2. The van der Waals surface area contributed by atoms with E-state index in [-0.39, 0.29) is 5.91 Å². The van der Waals surface area contributed by atoms with Gasteiger partial charge in [0, 0.05) is 42.0 Å². The minimum atomic E-state index is -0.134. The Bertz CT molecular complexity index is 1310. The van der Waals surface area contributed by atoms with Gasteiger partial charge in [0.2, 0.25) is 11.7 Å². The molecule has 1 aliphatic heterocycles. The highest BCUT2D eigenvalue weighted by Gasteiger charge is 2.27. The van der Waals surface area contributed by atoms with Crippen molar-refractivity contribution in [3.63, 3.8) is 0 Å². The summed E-state index contributed by atoms with van der Waals surface area (Å²) in [6.07, 6.45) is 12.0. The van der Waals surface area contributed by atoms with Crippen molar-refractivity contribution in [1.82, 2.24) is 20.8 Å². The molecule has 6 rings (SSSR count). The van der Waals surface area contributed by atoms with Crippen molar-refractivity contribution in [2.75, 3.05) is 18.4 Å². The first-order valence-corrected chi connectivity index (χ1v) is 14.1. The molecule has 2 heterocycles. The van der Waals surface area contributed by atoms with Gasteiger partial charge in [-0.2, -0.15) is 4.98 Å². The molecule has 0 radical (unpaired) electrons. The maximum atomic E-state index is 12.8. The van der Waals surface area contributed by atoms with E-state index in [0.29, 0.717) is 23.3 Å². The second-order valence-corrected chi connectivity index (χ2v) is 10.8. The van der Waals surface area contributed by atoms with Gasteiger partial charge in [-0.05, 0) is 73.4 Å². The van der Waals surface area contributed by atoms with Gasteiger partial charge < -0.3 is 15.2 Å². The molecule has 2 saturated carbocycles. The third kappa shape index (κ3) is 6.06. The lowest BCUT2D eigenvalue weighted by molar-refractivity contribution is 0.0975. The molecule has 2 aliphatic carbocycles. The molecule has 8 nitrogen and oxygen atoms in total. The number of anilines is 2. The molecule has 38 heavy (non-hydrogen) atoms. The Morgan fingerprint density at radius 1 is 1.03 bits per heavy atom. The Hall–Kier alpha value is -3.68. The first-order chi connectivity index (χ1) is 18.7. The van der Waals surface area contributed by atoms with Gasteiger partial charge in [0.05, 0.1) is 0 Å². The van der Waals surface area contributed by atoms with Crippen LogP contribution >= 0.6 is 0 Å². The number of benzene rings is 2. The van der Waals surface area contributed by atoms with Crippen LogP contribution in [-0.2, 0) is 6.42 Å². The monoisotopic (exact) mass is 512 g/mol. The zero-order valence-electron chi connectivity index (χ0n) is 21.8. The van der Waals surface area contributed by atoms with Crippen molar-refractivity contribution in [1.29, 1.82) is 0 Å². The van der Waals surface area contributed by atoms with Crippen LogP contribution in [0.1, 0.15) is 85.5 Å². The molecule has 2 aromatic carbocycles. The Kier molecular flexibility index (Phi) is 7.38. The lowest BCUT2D eigenvalue weighted by Crippen LogP contribution is -2.43. The van der Waals surface area contributed by atoms with Crippen LogP contribution in [0.5, 0.6) is 0 Å². The molecule has 8 heteroatoms. The number of rotatable bonds is 8. The molecule has 1 amide bonds. The van der Waals surface area contributed by atoms with E-state index in [2.05, 4.69) is 37.1 Å². The molecule has 0 spiro atoms. The molecule has 3 N–H and O–H groups in total. The van der Waals surface area contributed by atoms with Gasteiger partial charge in [0.1, 0.15) is 0 Å². The summed E-state index contributed by atoms with van der Waals surface area (Å²) in [7, 11) is 0. The first-order valence-electron chi connectivity index (χ1n) is 14.1. The van der Waals surface area contributed by atoms with E-state index in [4.69, 9.17) is 4.52 Å². The fourth-order valence-electron chi connectivity index (χ4n) is 5.51. The van der Waals surface area contributed by atoms with Crippen molar-refractivity contribution in [3.8, 4) is 11.4 Å². The van der Waals surface area contributed by atoms with Crippen LogP contribution in [0.25, 0.3) is 11.4 Å². The van der Waals surface area contributed by atoms with Crippen molar-refractivity contribution in [2.45, 2.75) is 70.1 Å². The zero-order chi connectivity index (χ0) is 25.7. The summed E-state index contributed by atoms with van der Waals surface area (Å²) in [5.41, 5.74) is 4.72. The van der Waals surface area contributed by atoms with Gasteiger partial charge >= 0.3 is 0 Å². The van der Waals surface area contributed by atoms with Crippen LogP contribution in [0.15, 0.2) is 52.0 Å². The minimum Gasteiger partial charge on any atom is -0.356 e. The molecule has 198 valence electrons. The Labute approximate surface area is 223 Å². The lowest BCUT2D eigenvalue weighted by Gasteiger charge is -2.20. The second kappa shape index (κ2) is 11.4. The molecular formula is C30H36N6O2. The number of amides is 1. The molecule has 0 atom stereocenters. The largest absolute Gasteiger partial charge is 0.356 e. The number of aryl methyl sites for hydroxylation is 1. The Morgan fingerprint density at radius 3 is 2.74 bits per heavy atom. The normalized spacial score (nSPS) is 17.9. The molecule has 2 fully saturated rings. The first kappa shape index (κ1) is 24.6. The third-order valence-corrected chi connectivity index (χ3v) is 7.82. The van der Waals surface area contributed by atoms with E-state index in [1.807, 2.05) is 36.4 Å². The Balaban J connectivity index is 1.14. The Morgan fingerprint density at radius 2 is 1.92 bits per heavy atom. The van der Waals surface area contributed by atoms with Crippen LogP contribution in [0.4, 0.5) is 11.4 Å². The zero-order valence-corrected chi connectivity index (χ0v) is 21.8. The number of nitrogens with zero attached hydrogens (tertiary/aromatic N) is 3. The average molecular weight is 513 g/mol. The summed E-state index contributed by atoms with van der Waals surface area (Å²) < 4.78 is 5.58. The average Bonchev–Trinajstić information content (AvgIpc) is 3.70. The number of nitrogens with one attached hydrogen (secondary N) is 3. The predicted molar refractivity (Wildman–Crippen MR) is 149 cm³/mol. The smallest absolute Gasteiger partial charge is 0.257 e. The van der Waals surface area contributed by atoms with Crippen LogP contribution in [0, 0.1) is 5.92 Å². The number of carbonyl (C=O) groups is 1. The number of hydrogen-bond acceptors (Lipinski definition) is 7. The molecule has 3 aliphatic rings. The van der Waals surface area contributed by atoms with E-state index in [1.165, 1.54) is 37.7 Å². The highest BCUT2D eigenvalue weighted by Crippen LogP contribution is 2.44. The van der Waals surface area contributed by atoms with Crippen LogP contribution in [0.3, 0.4) is 0 Å². The summed E-state index contributed by atoms with van der Waals surface area (Å²) >= 11 is 0. The SMILES string of the molecule is O=C(NC1=NCCCN1)c1ccc(Nc2cccc(-c3noc(CCC4CCCCC4)n3)c2)c(C2CC2)c1. The van der Waals surface area contributed by atoms with Gasteiger partial charge in [-0.25, -0.2) is 0 Å². The summed E-state index contributed by atoms with van der Waals surface area (Å²) in [5.74, 6) is 3.05. The van der Waals surface area contributed by atoms with Crippen molar-refractivity contribution < 1.29 is 9.32 Å². The molecule has 1 aromatic heterocycles. The van der Waals surface area contributed by atoms with Gasteiger partial charge in [0.25, 0.3) is 5.91 Å². The summed E-state index contributed by atoms with van der Waals surface area (Å²) in [6.45, 7) is 1.57. The van der Waals surface area contributed by atoms with E-state index < -0.39 is 0 Å². The van der Waals surface area contributed by atoms with Gasteiger partial charge in [-0.15, -0.1) is 0 Å². The second-order valence-electron chi connectivity index (χ2n) is 10.8. The molecule has 0 saturated heterocycles. The van der Waals surface area contributed by atoms with Gasteiger partial charge in [-0.3, -0.25) is 15.1 Å². The van der Waals surface area contributed by atoms with Crippen molar-refractivity contribution in [2.24, 2.45) is 10.9 Å². The standard InChI is InChI=1S/C30H36N6O2/c37-29(35-30-31-16-5-17-32-30)23-13-14-26(25(19-23)21-11-12-21)33-24-9-4-8-22(18-24)28-34-27(38-36-28)15-10-20-6-2-1-3-7-20/h4,8-9,13-14,18-21,33H,1-3,5-7,10-12,15-17H2,(H2,31,32,35,37). The molecular weight excluding hydrogens is 476 g/mol. The lowest BCUT2D eigenvalue weighted by atomic mass is 9.86. The van der Waals surface area contributed by atoms with Crippen LogP contribution < -0.4 is 16.0 Å². The quantitative estimate of drug-likeness (QED) is 0.345. The van der Waals surface area contributed by atoms with Gasteiger partial charge in [0.15, 0.2) is 5.96 Å². The van der Waals surface area contributed by atoms with Gasteiger partial charge in [-0.1, -0.05) is 49.4 Å². The number of carbonyl (C=O) groups excluding carboxylic acids is 1. The maximum Gasteiger partial charge on any atom is 0.257 e. The highest BCUT2D eigenvalue weighted by molar-refractivity contribution is 6.06. The van der Waals surface area contributed by atoms with E-state index in [1.54, 1.807) is 0 Å². The summed E-state index contributed by atoms with van der Waals surface area (Å²) in [6, 6.07) is 14.0. The molecule has 0 bridgehead atoms. The number of hydrogen-bond donors (Lipinski definition) is 3. The molecule has 3 aromatic rings. The summed E-state index contributed by atoms with van der Waals surface area (Å²) in [4.78, 5) is 21.9. The fraction of sp³-hybridized carbons (Fsp3) is 0.467. The highest BCUT2D eigenvalue weighted by atomic mass is 16.5. The maximum absolute atomic E-state index is 12.8. The fourth-order valence-corrected chi connectivity index (χ4v) is 5.51. The minimum absolute atomic E-state index is 0.134. The van der Waals surface area contributed by atoms with Crippen LogP contribution in [0.2, 0.25) is 0 Å². The topological polar surface area (TPSA) is 104 Å². The molecule has 0 unspecified atom stereocenters. The predicted octanol–water partition coefficient (Wildman–Crippen LogP) is 5.95. The van der Waals surface area contributed by atoms with Crippen molar-refractivity contribution in [3.05, 3.63) is 59.5 Å². The van der Waals surface area contributed by atoms with Crippen LogP contribution in [-0.4, -0.2) is 35.1 Å². The third-order valence-electron chi connectivity index (χ3n) is 7.82. The number of guanidine groups is 1. The number of aliphatic imine (C=N–C) groups is 1. The van der Waals surface area contributed by atoms with E-state index >= 15 is 0 Å². The van der Waals surface area contributed by atoms with E-state index in [9.17, 15) is 4.79 Å². The van der Waals surface area contributed by atoms with E-state index in [0.717, 1.165) is 73.9 Å². The summed E-state index contributed by atoms with van der Waals surface area (Å²) in [5, 5.41) is 13.9. The van der Waals surface area contributed by atoms with Crippen molar-refractivity contribution >= 4 is 23.2 Å².